The van der Waals surface area contributed by atoms with E-state index in [0.29, 0.717) is 25.0 Å². The van der Waals surface area contributed by atoms with Crippen LogP contribution < -0.4 is 0 Å². The summed E-state index contributed by atoms with van der Waals surface area (Å²) in [6.45, 7) is 5.74. The molecule has 1 heterocycles. The van der Waals surface area contributed by atoms with Crippen LogP contribution >= 0.6 is 7.82 Å². The molecule has 1 fully saturated rings. The number of esters is 2. The monoisotopic (exact) mass is 694 g/mol. The van der Waals surface area contributed by atoms with Crippen LogP contribution in [-0.2, 0) is 32.9 Å². The maximum Gasteiger partial charge on any atom is 0.469 e. The molecule has 9 nitrogen and oxygen atoms in total. The molecule has 0 spiro atoms. The molecule has 2 N–H and O–H groups in total. The van der Waals surface area contributed by atoms with Crippen molar-refractivity contribution in [1.82, 2.24) is 0 Å². The van der Waals surface area contributed by atoms with Crippen LogP contribution in [0.2, 0.25) is 0 Å². The van der Waals surface area contributed by atoms with E-state index >= 15 is 0 Å². The molecule has 0 bridgehead atoms. The van der Waals surface area contributed by atoms with E-state index < -0.39 is 32.5 Å². The predicted octanol–water partition coefficient (Wildman–Crippen LogP) is 9.41. The van der Waals surface area contributed by atoms with E-state index in [1.807, 2.05) is 12.2 Å². The summed E-state index contributed by atoms with van der Waals surface area (Å²) in [6, 6.07) is 0. The summed E-state index contributed by atoms with van der Waals surface area (Å²) in [5, 5.41) is 0. The van der Waals surface area contributed by atoms with Crippen molar-refractivity contribution in [3.05, 3.63) is 60.8 Å². The first kappa shape index (κ1) is 43.7. The number of carbonyl (C=O) groups is 2. The van der Waals surface area contributed by atoms with Crippen LogP contribution in [0, 0.1) is 5.92 Å². The molecule has 1 saturated heterocycles. The van der Waals surface area contributed by atoms with Crippen LogP contribution in [0.1, 0.15) is 130 Å². The Labute approximate surface area is 290 Å². The number of ether oxygens (including phenoxy) is 3. The lowest BCUT2D eigenvalue weighted by molar-refractivity contribution is -0.161. The van der Waals surface area contributed by atoms with Crippen LogP contribution in [-0.4, -0.2) is 53.3 Å². The number of hydrogen-bond donors (Lipinski definition) is 2. The lowest BCUT2D eigenvalue weighted by Crippen LogP contribution is -2.29. The Morgan fingerprint density at radius 3 is 1.90 bits per heavy atom. The summed E-state index contributed by atoms with van der Waals surface area (Å²) in [4.78, 5) is 42.6. The van der Waals surface area contributed by atoms with Gasteiger partial charge in [-0.25, -0.2) is 4.57 Å². The minimum atomic E-state index is -4.77. The number of carbonyl (C=O) groups excluding carboxylic acids is 2. The largest absolute Gasteiger partial charge is 0.469 e. The van der Waals surface area contributed by atoms with Crippen molar-refractivity contribution in [3.8, 4) is 0 Å². The van der Waals surface area contributed by atoms with Gasteiger partial charge in [0.1, 0.15) is 6.61 Å². The average Bonchev–Trinajstić information content (AvgIpc) is 3.80. The topological polar surface area (TPSA) is 132 Å². The first-order chi connectivity index (χ1) is 23.1. The molecule has 1 aliphatic rings. The van der Waals surface area contributed by atoms with Crippen molar-refractivity contribution in [2.75, 3.05) is 13.2 Å². The number of phosphoric ester groups is 1. The van der Waals surface area contributed by atoms with Gasteiger partial charge in [0.05, 0.1) is 18.8 Å². The molecule has 1 rings (SSSR count). The third kappa shape index (κ3) is 27.6. The first-order valence-corrected chi connectivity index (χ1v) is 19.6. The fraction of sp³-hybridized carbons (Fsp3) is 0.684. The van der Waals surface area contributed by atoms with Gasteiger partial charge in [0.2, 0.25) is 0 Å². The second-order valence-corrected chi connectivity index (χ2v) is 13.7. The van der Waals surface area contributed by atoms with Gasteiger partial charge in [-0.3, -0.25) is 14.1 Å². The Morgan fingerprint density at radius 2 is 1.29 bits per heavy atom. The molecule has 0 aliphatic carbocycles. The Balaban J connectivity index is 2.17. The van der Waals surface area contributed by atoms with Crippen LogP contribution in [0.25, 0.3) is 0 Å². The summed E-state index contributed by atoms with van der Waals surface area (Å²) in [7, 11) is -4.77. The van der Waals surface area contributed by atoms with Crippen LogP contribution in [0.5, 0.6) is 0 Å². The predicted molar refractivity (Wildman–Crippen MR) is 192 cm³/mol. The molecule has 1 aliphatic heterocycles. The van der Waals surface area contributed by atoms with Gasteiger partial charge < -0.3 is 24.0 Å². The quantitative estimate of drug-likeness (QED) is 0.0248. The zero-order chi connectivity index (χ0) is 35.3. The summed E-state index contributed by atoms with van der Waals surface area (Å²) in [6.07, 6.45) is 35.8. The summed E-state index contributed by atoms with van der Waals surface area (Å²) < 4.78 is 31.8. The Kier molecular flexibility index (Phi) is 26.0. The molecular weight excluding hydrogens is 631 g/mol. The van der Waals surface area contributed by atoms with Gasteiger partial charge >= 0.3 is 19.8 Å². The smallest absolute Gasteiger partial charge is 0.462 e. The number of hydrogen-bond acceptors (Lipinski definition) is 7. The van der Waals surface area contributed by atoms with E-state index in [1.165, 1.54) is 25.7 Å². The lowest BCUT2D eigenvalue weighted by Gasteiger charge is -2.18. The fourth-order valence-electron chi connectivity index (χ4n) is 4.83. The van der Waals surface area contributed by atoms with E-state index in [9.17, 15) is 14.2 Å². The second-order valence-electron chi connectivity index (χ2n) is 12.5. The SMILES string of the molecule is CC/C=C\CC1OC1C/C=C\C/C=C\C/C=C\C/C=C\CCC(=O)O[C@H](COC(=O)CCCCCCCCC(C)CC)COP(=O)(O)O. The number of rotatable bonds is 30. The highest BCUT2D eigenvalue weighted by Crippen LogP contribution is 2.36. The molecule has 0 saturated carbocycles. The third-order valence-corrected chi connectivity index (χ3v) is 8.49. The lowest BCUT2D eigenvalue weighted by atomic mass is 10.00. The van der Waals surface area contributed by atoms with Gasteiger partial charge in [0, 0.05) is 12.8 Å². The van der Waals surface area contributed by atoms with E-state index in [0.717, 1.165) is 63.7 Å². The normalized spacial score (nSPS) is 18.1. The zero-order valence-electron chi connectivity index (χ0n) is 29.7. The molecule has 0 aromatic rings. The molecule has 48 heavy (non-hydrogen) atoms. The van der Waals surface area contributed by atoms with Gasteiger partial charge in [-0.05, 0) is 57.3 Å². The van der Waals surface area contributed by atoms with Crippen LogP contribution in [0.15, 0.2) is 60.8 Å². The maximum absolute atomic E-state index is 12.3. The maximum atomic E-state index is 12.3. The first-order valence-electron chi connectivity index (χ1n) is 18.1. The Morgan fingerprint density at radius 1 is 0.729 bits per heavy atom. The van der Waals surface area contributed by atoms with E-state index in [4.69, 9.17) is 24.0 Å². The molecule has 0 radical (unpaired) electrons. The fourth-order valence-corrected chi connectivity index (χ4v) is 5.19. The van der Waals surface area contributed by atoms with Gasteiger partial charge in [0.25, 0.3) is 0 Å². The van der Waals surface area contributed by atoms with E-state index in [1.54, 1.807) is 0 Å². The molecule has 0 amide bonds. The Hall–Kier alpha value is -2.29. The van der Waals surface area contributed by atoms with Crippen molar-refractivity contribution in [2.24, 2.45) is 5.92 Å². The Bertz CT molecular complexity index is 1040. The van der Waals surface area contributed by atoms with Crippen molar-refractivity contribution in [2.45, 2.75) is 148 Å². The van der Waals surface area contributed by atoms with Crippen molar-refractivity contribution >= 4 is 19.8 Å². The highest BCUT2D eigenvalue weighted by Gasteiger charge is 2.35. The standard InChI is InChI=1S/C38H63O9P/c1-4-6-21-27-35-36(47-35)28-23-18-13-11-9-7-8-10-12-14-20-25-30-38(40)46-34(32-45-48(41,42)43)31-44-37(39)29-24-19-16-15-17-22-26-33(3)5-2/h6,8-11,14,18,20-21,23,33-36H,4-5,7,12-13,15-17,19,22,24-32H2,1-3H3,(H2,41,42,43)/b10-8-,11-9-,20-14-,21-6-,23-18-/t33?,34-,35?,36?/m1/s1. The minimum absolute atomic E-state index is 0.0810. The molecule has 274 valence electrons. The number of epoxide rings is 1. The van der Waals surface area contributed by atoms with Crippen molar-refractivity contribution in [1.29, 1.82) is 0 Å². The highest BCUT2D eigenvalue weighted by atomic mass is 31.2. The van der Waals surface area contributed by atoms with Crippen molar-refractivity contribution in [3.63, 3.8) is 0 Å². The molecule has 3 unspecified atom stereocenters. The number of phosphoric acid groups is 1. The van der Waals surface area contributed by atoms with E-state index in [2.05, 4.69) is 73.9 Å². The number of unbranched alkanes of at least 4 members (excludes halogenated alkanes) is 5. The molecular formula is C38H63O9P. The van der Waals surface area contributed by atoms with Gasteiger partial charge in [-0.15, -0.1) is 0 Å². The molecule has 0 aromatic carbocycles. The van der Waals surface area contributed by atoms with E-state index in [-0.39, 0.29) is 19.4 Å². The van der Waals surface area contributed by atoms with Gasteiger partial charge in [-0.2, -0.15) is 0 Å². The molecule has 4 atom stereocenters. The minimum Gasteiger partial charge on any atom is -0.462 e. The van der Waals surface area contributed by atoms with Crippen LogP contribution in [0.3, 0.4) is 0 Å². The van der Waals surface area contributed by atoms with Crippen molar-refractivity contribution < 1.29 is 42.7 Å². The average molecular weight is 695 g/mol. The molecule has 0 aromatic heterocycles. The summed E-state index contributed by atoms with van der Waals surface area (Å²) in [5.74, 6) is -0.218. The van der Waals surface area contributed by atoms with Gasteiger partial charge in [0.15, 0.2) is 6.10 Å². The molecule has 10 heteroatoms. The summed E-state index contributed by atoms with van der Waals surface area (Å²) >= 11 is 0. The number of allylic oxidation sites excluding steroid dienone is 8. The summed E-state index contributed by atoms with van der Waals surface area (Å²) in [5.41, 5.74) is 0. The highest BCUT2D eigenvalue weighted by molar-refractivity contribution is 7.46. The third-order valence-electron chi connectivity index (χ3n) is 8.01. The van der Waals surface area contributed by atoms with Crippen LogP contribution in [0.4, 0.5) is 0 Å². The second kappa shape index (κ2) is 28.5. The van der Waals surface area contributed by atoms with Gasteiger partial charge in [-0.1, -0.05) is 126 Å². The zero-order valence-corrected chi connectivity index (χ0v) is 30.6.